The van der Waals surface area contributed by atoms with Crippen molar-refractivity contribution in [2.75, 3.05) is 26.2 Å². The highest BCUT2D eigenvalue weighted by atomic mass is 32.2. The lowest BCUT2D eigenvalue weighted by Crippen LogP contribution is -2.48. The van der Waals surface area contributed by atoms with E-state index in [0.29, 0.717) is 24.6 Å². The van der Waals surface area contributed by atoms with Gasteiger partial charge >= 0.3 is 0 Å². The summed E-state index contributed by atoms with van der Waals surface area (Å²) in [4.78, 5) is 12.0. The van der Waals surface area contributed by atoms with Crippen LogP contribution in [-0.2, 0) is 10.0 Å². The highest BCUT2D eigenvalue weighted by Gasteiger charge is 2.18. The molecule has 0 unspecified atom stereocenters. The third-order valence-electron chi connectivity index (χ3n) is 3.18. The van der Waals surface area contributed by atoms with Crippen LogP contribution >= 0.6 is 0 Å². The summed E-state index contributed by atoms with van der Waals surface area (Å²) >= 11 is 0. The first-order valence-corrected chi connectivity index (χ1v) is 8.10. The van der Waals surface area contributed by atoms with Crippen molar-refractivity contribution in [3.8, 4) is 0 Å². The van der Waals surface area contributed by atoms with Gasteiger partial charge in [-0.05, 0) is 24.3 Å². The molecular weight excluding hydrogens is 278 g/mol. The molecule has 1 aliphatic rings. The molecule has 110 valence electrons. The molecule has 1 heterocycles. The fourth-order valence-electron chi connectivity index (χ4n) is 1.89. The van der Waals surface area contributed by atoms with Crippen LogP contribution in [0, 0.1) is 5.92 Å². The minimum absolute atomic E-state index is 0.166. The van der Waals surface area contributed by atoms with Gasteiger partial charge in [0.2, 0.25) is 10.0 Å². The van der Waals surface area contributed by atoms with Crippen LogP contribution in [0.5, 0.6) is 0 Å². The molecule has 0 bridgehead atoms. The summed E-state index contributed by atoms with van der Waals surface area (Å²) in [5, 5.41) is 5.98. The number of hydrogen-bond donors (Lipinski definition) is 3. The topological polar surface area (TPSA) is 87.3 Å². The van der Waals surface area contributed by atoms with Crippen molar-refractivity contribution in [2.24, 2.45) is 5.92 Å². The molecule has 6 nitrogen and oxygen atoms in total. The van der Waals surface area contributed by atoms with E-state index in [-0.39, 0.29) is 10.8 Å². The lowest BCUT2D eigenvalue weighted by Gasteiger charge is -2.27. The second kappa shape index (κ2) is 6.34. The molecule has 0 radical (unpaired) electrons. The number of nitrogens with one attached hydrogen (secondary N) is 3. The Hall–Kier alpha value is -1.44. The van der Waals surface area contributed by atoms with Crippen LogP contribution in [0.3, 0.4) is 0 Å². The second-order valence-corrected chi connectivity index (χ2v) is 6.53. The second-order valence-electron chi connectivity index (χ2n) is 4.76. The Bertz CT molecular complexity index is 565. The Morgan fingerprint density at radius 3 is 2.45 bits per heavy atom. The summed E-state index contributed by atoms with van der Waals surface area (Å²) < 4.78 is 25.9. The Balaban J connectivity index is 1.98. The van der Waals surface area contributed by atoms with Crippen LogP contribution in [-0.4, -0.2) is 40.5 Å². The number of carbonyl (C=O) groups is 1. The van der Waals surface area contributed by atoms with Gasteiger partial charge in [-0.25, -0.2) is 13.1 Å². The highest BCUT2D eigenvalue weighted by molar-refractivity contribution is 7.89. The lowest BCUT2D eigenvalue weighted by atomic mass is 10.0. The first-order valence-electron chi connectivity index (χ1n) is 6.61. The zero-order valence-electron chi connectivity index (χ0n) is 11.3. The van der Waals surface area contributed by atoms with Crippen molar-refractivity contribution in [2.45, 2.75) is 11.8 Å². The van der Waals surface area contributed by atoms with Gasteiger partial charge in [-0.3, -0.25) is 4.79 Å². The molecule has 7 heteroatoms. The van der Waals surface area contributed by atoms with E-state index in [1.54, 1.807) is 6.92 Å². The van der Waals surface area contributed by atoms with E-state index in [9.17, 15) is 13.2 Å². The van der Waals surface area contributed by atoms with Crippen LogP contribution in [0.2, 0.25) is 0 Å². The number of rotatable bonds is 6. The van der Waals surface area contributed by atoms with Crippen LogP contribution in [0.15, 0.2) is 29.2 Å². The maximum absolute atomic E-state index is 11.9. The Morgan fingerprint density at radius 1 is 1.30 bits per heavy atom. The largest absolute Gasteiger partial charge is 0.352 e. The summed E-state index contributed by atoms with van der Waals surface area (Å²) in [5.74, 6) is 0.316. The standard InChI is InChI=1S/C13H19N3O3S/c1-2-16-20(18,19)12-5-3-11(4-6-12)13(17)15-9-10-7-14-8-10/h3-6,10,14,16H,2,7-9H2,1H3,(H,15,17). The van der Waals surface area contributed by atoms with Gasteiger partial charge in [0.15, 0.2) is 0 Å². The van der Waals surface area contributed by atoms with Crippen LogP contribution in [0.1, 0.15) is 17.3 Å². The lowest BCUT2D eigenvalue weighted by molar-refractivity contribution is 0.0942. The molecule has 0 saturated carbocycles. The Kier molecular flexibility index (Phi) is 4.74. The van der Waals surface area contributed by atoms with Gasteiger partial charge < -0.3 is 10.6 Å². The third-order valence-corrected chi connectivity index (χ3v) is 4.74. The number of benzene rings is 1. The molecule has 0 atom stereocenters. The van der Waals surface area contributed by atoms with Gasteiger partial charge in [-0.1, -0.05) is 6.92 Å². The van der Waals surface area contributed by atoms with E-state index < -0.39 is 10.0 Å². The van der Waals surface area contributed by atoms with Crippen molar-refractivity contribution in [3.63, 3.8) is 0 Å². The van der Waals surface area contributed by atoms with E-state index >= 15 is 0 Å². The van der Waals surface area contributed by atoms with Gasteiger partial charge in [0.05, 0.1) is 4.90 Å². The van der Waals surface area contributed by atoms with Crippen molar-refractivity contribution in [1.82, 2.24) is 15.4 Å². The quantitative estimate of drug-likeness (QED) is 0.686. The average molecular weight is 297 g/mol. The van der Waals surface area contributed by atoms with Gasteiger partial charge in [-0.2, -0.15) is 0 Å². The minimum Gasteiger partial charge on any atom is -0.352 e. The van der Waals surface area contributed by atoms with E-state index in [1.165, 1.54) is 24.3 Å². The molecule has 0 aliphatic carbocycles. The van der Waals surface area contributed by atoms with Gasteiger partial charge in [-0.15, -0.1) is 0 Å². The summed E-state index contributed by atoms with van der Waals surface area (Å²) in [6, 6.07) is 5.94. The smallest absolute Gasteiger partial charge is 0.251 e. The highest BCUT2D eigenvalue weighted by Crippen LogP contribution is 2.10. The van der Waals surface area contributed by atoms with E-state index in [1.807, 2.05) is 0 Å². The minimum atomic E-state index is -3.46. The van der Waals surface area contributed by atoms with Gasteiger partial charge in [0.25, 0.3) is 5.91 Å². The molecule has 1 saturated heterocycles. The number of carbonyl (C=O) groups excluding carboxylic acids is 1. The Morgan fingerprint density at radius 2 is 1.95 bits per heavy atom. The average Bonchev–Trinajstić information content (AvgIpc) is 2.37. The maximum Gasteiger partial charge on any atom is 0.251 e. The van der Waals surface area contributed by atoms with Gasteiger partial charge in [0.1, 0.15) is 0 Å². The monoisotopic (exact) mass is 297 g/mol. The summed E-state index contributed by atoms with van der Waals surface area (Å²) in [6.07, 6.45) is 0. The van der Waals surface area contributed by atoms with Crippen LogP contribution < -0.4 is 15.4 Å². The number of hydrogen-bond acceptors (Lipinski definition) is 4. The fourth-order valence-corrected chi connectivity index (χ4v) is 2.93. The summed E-state index contributed by atoms with van der Waals surface area (Å²) in [5.41, 5.74) is 0.465. The molecule has 1 aliphatic heterocycles. The van der Waals surface area contributed by atoms with Crippen LogP contribution in [0.4, 0.5) is 0 Å². The summed E-state index contributed by atoms with van der Waals surface area (Å²) in [7, 11) is -3.46. The van der Waals surface area contributed by atoms with Gasteiger partial charge in [0, 0.05) is 37.7 Å². The predicted octanol–water partition coefficient (Wildman–Crippen LogP) is -0.0660. The SMILES string of the molecule is CCNS(=O)(=O)c1ccc(C(=O)NCC2CNC2)cc1. The molecular formula is C13H19N3O3S. The molecule has 1 aromatic rings. The Labute approximate surface area is 119 Å². The molecule has 1 fully saturated rings. The molecule has 1 aromatic carbocycles. The van der Waals surface area contributed by atoms with Crippen molar-refractivity contribution >= 4 is 15.9 Å². The first-order chi connectivity index (χ1) is 9.53. The van der Waals surface area contributed by atoms with E-state index in [0.717, 1.165) is 13.1 Å². The van der Waals surface area contributed by atoms with Crippen molar-refractivity contribution in [1.29, 1.82) is 0 Å². The van der Waals surface area contributed by atoms with Crippen molar-refractivity contribution < 1.29 is 13.2 Å². The molecule has 3 N–H and O–H groups in total. The predicted molar refractivity (Wildman–Crippen MR) is 76.0 cm³/mol. The molecule has 0 aromatic heterocycles. The fraction of sp³-hybridized carbons (Fsp3) is 0.462. The first kappa shape index (κ1) is 15.0. The zero-order valence-corrected chi connectivity index (χ0v) is 12.2. The van der Waals surface area contributed by atoms with E-state index in [2.05, 4.69) is 15.4 Å². The normalized spacial score (nSPS) is 15.7. The molecule has 1 amide bonds. The van der Waals surface area contributed by atoms with Crippen molar-refractivity contribution in [3.05, 3.63) is 29.8 Å². The van der Waals surface area contributed by atoms with Crippen LogP contribution in [0.25, 0.3) is 0 Å². The maximum atomic E-state index is 11.9. The molecule has 0 spiro atoms. The summed E-state index contributed by atoms with van der Waals surface area (Å²) in [6.45, 7) is 4.55. The number of sulfonamides is 1. The number of amides is 1. The molecule has 20 heavy (non-hydrogen) atoms. The van der Waals surface area contributed by atoms with E-state index in [4.69, 9.17) is 0 Å². The zero-order chi connectivity index (χ0) is 14.6. The molecule has 2 rings (SSSR count). The third kappa shape index (κ3) is 3.56.